The fraction of sp³-hybridized carbons (Fsp3) is 0.200. The SMILES string of the molecule is CN=C(NCc1ccc(Cl)nc1)NCc1cccc(Cl)c1.I. The number of pyridine rings is 1. The highest BCUT2D eigenvalue weighted by Crippen LogP contribution is 2.10. The van der Waals surface area contributed by atoms with Gasteiger partial charge in [0.25, 0.3) is 0 Å². The maximum Gasteiger partial charge on any atom is 0.191 e. The minimum absolute atomic E-state index is 0. The van der Waals surface area contributed by atoms with Crippen LogP contribution in [0.2, 0.25) is 10.2 Å². The molecule has 0 aliphatic carbocycles. The molecule has 7 heteroatoms. The minimum Gasteiger partial charge on any atom is -0.352 e. The maximum atomic E-state index is 5.96. The van der Waals surface area contributed by atoms with Crippen molar-refractivity contribution in [2.75, 3.05) is 7.05 Å². The van der Waals surface area contributed by atoms with Gasteiger partial charge >= 0.3 is 0 Å². The Labute approximate surface area is 157 Å². The van der Waals surface area contributed by atoms with Gasteiger partial charge in [-0.2, -0.15) is 0 Å². The molecule has 0 amide bonds. The molecule has 2 rings (SSSR count). The molecule has 0 saturated carbocycles. The largest absolute Gasteiger partial charge is 0.352 e. The number of halogens is 3. The summed E-state index contributed by atoms with van der Waals surface area (Å²) in [4.78, 5) is 8.21. The van der Waals surface area contributed by atoms with E-state index in [1.165, 1.54) is 0 Å². The summed E-state index contributed by atoms with van der Waals surface area (Å²) in [6.45, 7) is 1.28. The number of rotatable bonds is 4. The fourth-order valence-corrected chi connectivity index (χ4v) is 2.07. The van der Waals surface area contributed by atoms with Gasteiger partial charge < -0.3 is 10.6 Å². The quantitative estimate of drug-likeness (QED) is 0.321. The molecule has 118 valence electrons. The lowest BCUT2D eigenvalue weighted by Gasteiger charge is -2.12. The molecule has 0 saturated heterocycles. The van der Waals surface area contributed by atoms with Gasteiger partial charge in [0.1, 0.15) is 5.15 Å². The average Bonchev–Trinajstić information content (AvgIpc) is 2.49. The summed E-state index contributed by atoms with van der Waals surface area (Å²) in [7, 11) is 1.73. The van der Waals surface area contributed by atoms with Gasteiger partial charge in [0, 0.05) is 31.4 Å². The van der Waals surface area contributed by atoms with E-state index in [0.717, 1.165) is 16.1 Å². The number of nitrogens with zero attached hydrogens (tertiary/aromatic N) is 2. The van der Waals surface area contributed by atoms with Crippen molar-refractivity contribution in [3.8, 4) is 0 Å². The van der Waals surface area contributed by atoms with Gasteiger partial charge in [0.15, 0.2) is 5.96 Å². The highest BCUT2D eigenvalue weighted by Gasteiger charge is 2.00. The first kappa shape index (κ1) is 19.0. The second-order valence-corrected chi connectivity index (χ2v) is 5.22. The van der Waals surface area contributed by atoms with E-state index in [-0.39, 0.29) is 24.0 Å². The smallest absolute Gasteiger partial charge is 0.191 e. The van der Waals surface area contributed by atoms with Crippen molar-refractivity contribution >= 4 is 53.1 Å². The maximum absolute atomic E-state index is 5.96. The van der Waals surface area contributed by atoms with Crippen molar-refractivity contribution < 1.29 is 0 Å². The van der Waals surface area contributed by atoms with Gasteiger partial charge in [0.05, 0.1) is 0 Å². The molecule has 0 atom stereocenters. The predicted molar refractivity (Wildman–Crippen MR) is 103 cm³/mol. The van der Waals surface area contributed by atoms with Crippen molar-refractivity contribution in [2.45, 2.75) is 13.1 Å². The topological polar surface area (TPSA) is 49.3 Å². The van der Waals surface area contributed by atoms with Crippen LogP contribution in [-0.4, -0.2) is 18.0 Å². The molecule has 2 N–H and O–H groups in total. The number of guanidine groups is 1. The molecule has 0 spiro atoms. The van der Waals surface area contributed by atoms with Crippen LogP contribution in [0.4, 0.5) is 0 Å². The van der Waals surface area contributed by atoms with Crippen LogP contribution < -0.4 is 10.6 Å². The van der Waals surface area contributed by atoms with Crippen molar-refractivity contribution in [3.05, 3.63) is 63.9 Å². The third-order valence-corrected chi connectivity index (χ3v) is 3.28. The molecular formula is C15H17Cl2IN4. The molecule has 0 aliphatic heterocycles. The van der Waals surface area contributed by atoms with E-state index in [1.807, 2.05) is 30.3 Å². The van der Waals surface area contributed by atoms with Crippen LogP contribution >= 0.6 is 47.2 Å². The summed E-state index contributed by atoms with van der Waals surface area (Å²) in [6.07, 6.45) is 1.74. The predicted octanol–water partition coefficient (Wildman–Crippen LogP) is 3.87. The van der Waals surface area contributed by atoms with Crippen LogP contribution in [0.5, 0.6) is 0 Å². The first-order valence-corrected chi connectivity index (χ1v) is 7.22. The molecule has 0 aliphatic rings. The normalized spacial score (nSPS) is 10.8. The zero-order valence-corrected chi connectivity index (χ0v) is 15.9. The van der Waals surface area contributed by atoms with Crippen molar-refractivity contribution in [3.63, 3.8) is 0 Å². The molecule has 2 aromatic rings. The average molecular weight is 451 g/mol. The van der Waals surface area contributed by atoms with Crippen molar-refractivity contribution in [1.82, 2.24) is 15.6 Å². The number of hydrogen-bond acceptors (Lipinski definition) is 2. The fourth-order valence-electron chi connectivity index (χ4n) is 1.75. The molecule has 0 bridgehead atoms. The highest BCUT2D eigenvalue weighted by molar-refractivity contribution is 14.0. The second-order valence-electron chi connectivity index (χ2n) is 4.40. The molecule has 1 aromatic carbocycles. The Hall–Kier alpha value is -1.05. The summed E-state index contributed by atoms with van der Waals surface area (Å²) >= 11 is 11.7. The van der Waals surface area contributed by atoms with E-state index in [2.05, 4.69) is 20.6 Å². The summed E-state index contributed by atoms with van der Waals surface area (Å²) in [6, 6.07) is 11.4. The Bertz CT molecular complexity index is 617. The van der Waals surface area contributed by atoms with E-state index in [4.69, 9.17) is 23.2 Å². The second kappa shape index (κ2) is 9.86. The molecule has 4 nitrogen and oxygen atoms in total. The van der Waals surface area contributed by atoms with Crippen LogP contribution in [0.1, 0.15) is 11.1 Å². The lowest BCUT2D eigenvalue weighted by Crippen LogP contribution is -2.36. The molecule has 22 heavy (non-hydrogen) atoms. The number of hydrogen-bond donors (Lipinski definition) is 2. The molecule has 0 radical (unpaired) electrons. The Morgan fingerprint density at radius 3 is 2.41 bits per heavy atom. The van der Waals surface area contributed by atoms with Gasteiger partial charge in [0.2, 0.25) is 0 Å². The first-order valence-electron chi connectivity index (χ1n) is 6.47. The molecule has 1 heterocycles. The molecule has 0 fully saturated rings. The van der Waals surface area contributed by atoms with Crippen molar-refractivity contribution in [2.24, 2.45) is 4.99 Å². The van der Waals surface area contributed by atoms with Crippen LogP contribution in [0.25, 0.3) is 0 Å². The summed E-state index contributed by atoms with van der Waals surface area (Å²) < 4.78 is 0. The third kappa shape index (κ3) is 6.37. The highest BCUT2D eigenvalue weighted by atomic mass is 127. The van der Waals surface area contributed by atoms with E-state index >= 15 is 0 Å². The minimum atomic E-state index is 0. The van der Waals surface area contributed by atoms with Crippen LogP contribution in [0.3, 0.4) is 0 Å². The zero-order valence-electron chi connectivity index (χ0n) is 12.0. The summed E-state index contributed by atoms with van der Waals surface area (Å²) in [5, 5.41) is 7.66. The monoisotopic (exact) mass is 450 g/mol. The van der Waals surface area contributed by atoms with E-state index < -0.39 is 0 Å². The first-order chi connectivity index (χ1) is 10.2. The van der Waals surface area contributed by atoms with Gasteiger partial charge in [-0.25, -0.2) is 4.98 Å². The summed E-state index contributed by atoms with van der Waals surface area (Å²) in [5.74, 6) is 0.713. The van der Waals surface area contributed by atoms with E-state index in [1.54, 1.807) is 19.3 Å². The van der Waals surface area contributed by atoms with Gasteiger partial charge in [-0.3, -0.25) is 4.99 Å². The van der Waals surface area contributed by atoms with Gasteiger partial charge in [-0.15, -0.1) is 24.0 Å². The van der Waals surface area contributed by atoms with E-state index in [9.17, 15) is 0 Å². The van der Waals surface area contributed by atoms with Gasteiger partial charge in [-0.05, 0) is 29.3 Å². The number of benzene rings is 1. The Morgan fingerprint density at radius 1 is 1.09 bits per heavy atom. The Balaban J connectivity index is 0.00000242. The number of aliphatic imine (C=N–C) groups is 1. The summed E-state index contributed by atoms with van der Waals surface area (Å²) in [5.41, 5.74) is 2.13. The molecule has 0 unspecified atom stereocenters. The van der Waals surface area contributed by atoms with E-state index in [0.29, 0.717) is 24.2 Å². The molecule has 1 aromatic heterocycles. The van der Waals surface area contributed by atoms with Crippen LogP contribution in [-0.2, 0) is 13.1 Å². The molecular weight excluding hydrogens is 434 g/mol. The number of nitrogens with one attached hydrogen (secondary N) is 2. The Kier molecular flexibility index (Phi) is 8.52. The zero-order chi connectivity index (χ0) is 15.1. The Morgan fingerprint density at radius 2 is 1.82 bits per heavy atom. The lowest BCUT2D eigenvalue weighted by molar-refractivity contribution is 0.807. The lowest BCUT2D eigenvalue weighted by atomic mass is 10.2. The third-order valence-electron chi connectivity index (χ3n) is 2.82. The van der Waals surface area contributed by atoms with Crippen molar-refractivity contribution in [1.29, 1.82) is 0 Å². The van der Waals surface area contributed by atoms with Gasteiger partial charge in [-0.1, -0.05) is 41.4 Å². The number of aromatic nitrogens is 1. The van der Waals surface area contributed by atoms with Crippen LogP contribution in [0.15, 0.2) is 47.6 Å². The standard InChI is InChI=1S/C15H16Cl2N4.HI/c1-18-15(20-8-11-3-2-4-13(16)7-11)21-10-12-5-6-14(17)19-9-12;/h2-7,9H,8,10H2,1H3,(H2,18,20,21);1H. The van der Waals surface area contributed by atoms with Crippen LogP contribution in [0, 0.1) is 0 Å².